The zero-order valence-corrected chi connectivity index (χ0v) is 8.83. The average molecular weight is 231 g/mol. The van der Waals surface area contributed by atoms with E-state index in [0.717, 1.165) is 13.0 Å². The van der Waals surface area contributed by atoms with Gasteiger partial charge in [-0.2, -0.15) is 5.10 Å². The van der Waals surface area contributed by atoms with Crippen molar-refractivity contribution in [1.29, 1.82) is 0 Å². The summed E-state index contributed by atoms with van der Waals surface area (Å²) in [7, 11) is 0. The number of hydrogen-bond acceptors (Lipinski definition) is 3. The number of carbonyl (C=O) groups is 1. The third-order valence-electron chi connectivity index (χ3n) is 2.29. The van der Waals surface area contributed by atoms with Crippen LogP contribution in [0.5, 0.6) is 5.88 Å². The van der Waals surface area contributed by atoms with Crippen molar-refractivity contribution in [3.63, 3.8) is 0 Å². The van der Waals surface area contributed by atoms with E-state index in [1.165, 1.54) is 0 Å². The van der Waals surface area contributed by atoms with Gasteiger partial charge in [0.1, 0.15) is 0 Å². The van der Waals surface area contributed by atoms with Gasteiger partial charge in [-0.25, -0.2) is 4.68 Å². The summed E-state index contributed by atoms with van der Waals surface area (Å²) in [5.41, 5.74) is 0.707. The second-order valence-electron chi connectivity index (χ2n) is 3.39. The number of carboxylic acid groups (broad SMARTS) is 1. The first-order valence-corrected chi connectivity index (χ1v) is 5.16. The fourth-order valence-corrected chi connectivity index (χ4v) is 1.86. The molecule has 6 heteroatoms. The van der Waals surface area contributed by atoms with E-state index in [-0.39, 0.29) is 6.42 Å². The second-order valence-corrected chi connectivity index (χ2v) is 3.75. The first-order chi connectivity index (χ1) is 7.18. The predicted octanol–water partition coefficient (Wildman–Crippen LogP) is 1.34. The summed E-state index contributed by atoms with van der Waals surface area (Å²) in [6.45, 7) is 1.42. The molecule has 0 radical (unpaired) electrons. The van der Waals surface area contributed by atoms with Gasteiger partial charge in [0, 0.05) is 19.4 Å². The summed E-state index contributed by atoms with van der Waals surface area (Å²) in [4.78, 5) is 10.5. The van der Waals surface area contributed by atoms with E-state index in [2.05, 4.69) is 5.10 Å². The third kappa shape index (κ3) is 2.07. The number of aliphatic carboxylic acids is 1. The number of halogens is 1. The summed E-state index contributed by atoms with van der Waals surface area (Å²) in [5, 5.41) is 13.0. The van der Waals surface area contributed by atoms with Crippen LogP contribution in [0.2, 0.25) is 5.15 Å². The second kappa shape index (κ2) is 4.10. The molecule has 0 bridgehead atoms. The molecule has 82 valence electrons. The smallest absolute Gasteiger partial charge is 0.303 e. The highest BCUT2D eigenvalue weighted by Gasteiger charge is 2.21. The molecule has 0 aromatic carbocycles. The molecule has 2 rings (SSSR count). The van der Waals surface area contributed by atoms with E-state index in [1.807, 2.05) is 0 Å². The number of hydrogen-bond donors (Lipinski definition) is 1. The van der Waals surface area contributed by atoms with Crippen molar-refractivity contribution in [2.75, 3.05) is 6.61 Å². The molecule has 1 aromatic rings. The quantitative estimate of drug-likeness (QED) is 0.851. The largest absolute Gasteiger partial charge is 0.481 e. The zero-order valence-electron chi connectivity index (χ0n) is 8.07. The van der Waals surface area contributed by atoms with Gasteiger partial charge in [0.2, 0.25) is 5.88 Å². The third-order valence-corrected chi connectivity index (χ3v) is 2.60. The molecule has 0 fully saturated rings. The lowest BCUT2D eigenvalue weighted by Gasteiger charge is -2.15. The summed E-state index contributed by atoms with van der Waals surface area (Å²) < 4.78 is 7.13. The normalized spacial score (nSPS) is 14.5. The van der Waals surface area contributed by atoms with E-state index in [9.17, 15) is 4.79 Å². The molecule has 0 aliphatic carbocycles. The Morgan fingerprint density at radius 1 is 1.67 bits per heavy atom. The van der Waals surface area contributed by atoms with Crippen molar-refractivity contribution in [3.8, 4) is 5.88 Å². The number of aromatic nitrogens is 2. The molecule has 2 heterocycles. The maximum absolute atomic E-state index is 10.5. The van der Waals surface area contributed by atoms with Crippen LogP contribution in [0, 0.1) is 0 Å². The number of nitrogens with zero attached hydrogens (tertiary/aromatic N) is 2. The molecule has 0 spiro atoms. The summed E-state index contributed by atoms with van der Waals surface area (Å²) >= 11 is 5.91. The first kappa shape index (κ1) is 10.3. The zero-order chi connectivity index (χ0) is 10.8. The monoisotopic (exact) mass is 230 g/mol. The topological polar surface area (TPSA) is 64.3 Å². The van der Waals surface area contributed by atoms with Crippen molar-refractivity contribution in [2.24, 2.45) is 0 Å². The Bertz CT molecular complexity index is 389. The Kier molecular flexibility index (Phi) is 2.81. The lowest BCUT2D eigenvalue weighted by atomic mass is 10.2. The van der Waals surface area contributed by atoms with Crippen LogP contribution in [0.3, 0.4) is 0 Å². The van der Waals surface area contributed by atoms with E-state index in [1.54, 1.807) is 4.68 Å². The molecular weight excluding hydrogens is 220 g/mol. The molecule has 0 amide bonds. The summed E-state index contributed by atoms with van der Waals surface area (Å²) in [5.74, 6) is -0.214. The van der Waals surface area contributed by atoms with E-state index < -0.39 is 5.97 Å². The Morgan fingerprint density at radius 3 is 3.20 bits per heavy atom. The molecule has 1 aliphatic rings. The fourth-order valence-electron chi connectivity index (χ4n) is 1.59. The minimum absolute atomic E-state index is 0.0434. The van der Waals surface area contributed by atoms with Gasteiger partial charge in [-0.15, -0.1) is 0 Å². The molecule has 15 heavy (non-hydrogen) atoms. The highest BCUT2D eigenvalue weighted by atomic mass is 35.5. The van der Waals surface area contributed by atoms with Crippen LogP contribution in [-0.2, 0) is 17.8 Å². The fraction of sp³-hybridized carbons (Fsp3) is 0.556. The molecule has 1 aliphatic heterocycles. The molecule has 5 nitrogen and oxygen atoms in total. The standard InChI is InChI=1S/C9H11ClN2O3/c10-8-6(2-3-7(13)14)9-12(11-8)4-1-5-15-9/h1-5H2,(H,13,14). The lowest BCUT2D eigenvalue weighted by molar-refractivity contribution is -0.136. The molecule has 0 atom stereocenters. The van der Waals surface area contributed by atoms with Gasteiger partial charge < -0.3 is 9.84 Å². The van der Waals surface area contributed by atoms with Gasteiger partial charge >= 0.3 is 5.97 Å². The van der Waals surface area contributed by atoms with Gasteiger partial charge in [0.05, 0.1) is 12.2 Å². The van der Waals surface area contributed by atoms with Gasteiger partial charge in [0.15, 0.2) is 5.15 Å². The van der Waals surface area contributed by atoms with Crippen LogP contribution < -0.4 is 4.74 Å². The SMILES string of the molecule is O=C(O)CCc1c(Cl)nn2c1OCCC2. The predicted molar refractivity (Wildman–Crippen MR) is 53.3 cm³/mol. The van der Waals surface area contributed by atoms with Crippen LogP contribution in [0.15, 0.2) is 0 Å². The van der Waals surface area contributed by atoms with Crippen molar-refractivity contribution < 1.29 is 14.6 Å². The minimum Gasteiger partial charge on any atom is -0.481 e. The van der Waals surface area contributed by atoms with Crippen molar-refractivity contribution in [2.45, 2.75) is 25.8 Å². The van der Waals surface area contributed by atoms with E-state index in [4.69, 9.17) is 21.4 Å². The van der Waals surface area contributed by atoms with Gasteiger partial charge in [-0.1, -0.05) is 11.6 Å². The summed E-state index contributed by atoms with van der Waals surface area (Å²) in [6, 6.07) is 0. The maximum atomic E-state index is 10.5. The van der Waals surface area contributed by atoms with Crippen molar-refractivity contribution in [3.05, 3.63) is 10.7 Å². The number of rotatable bonds is 3. The summed E-state index contributed by atoms with van der Waals surface area (Å²) in [6.07, 6.45) is 1.31. The average Bonchev–Trinajstić information content (AvgIpc) is 2.50. The van der Waals surface area contributed by atoms with Crippen LogP contribution in [-0.4, -0.2) is 27.5 Å². The van der Waals surface area contributed by atoms with Crippen molar-refractivity contribution >= 4 is 17.6 Å². The van der Waals surface area contributed by atoms with Crippen LogP contribution in [0.25, 0.3) is 0 Å². The Labute approximate surface area is 91.6 Å². The van der Waals surface area contributed by atoms with Gasteiger partial charge in [-0.3, -0.25) is 4.79 Å². The Morgan fingerprint density at radius 2 is 2.47 bits per heavy atom. The van der Waals surface area contributed by atoms with Crippen LogP contribution in [0.4, 0.5) is 0 Å². The van der Waals surface area contributed by atoms with Gasteiger partial charge in [-0.05, 0) is 6.42 Å². The molecule has 0 unspecified atom stereocenters. The first-order valence-electron chi connectivity index (χ1n) is 4.78. The molecule has 0 saturated carbocycles. The molecular formula is C9H11ClN2O3. The Hall–Kier alpha value is -1.23. The molecule has 0 saturated heterocycles. The minimum atomic E-state index is -0.846. The van der Waals surface area contributed by atoms with E-state index in [0.29, 0.717) is 29.6 Å². The Balaban J connectivity index is 2.21. The van der Waals surface area contributed by atoms with Crippen LogP contribution in [0.1, 0.15) is 18.4 Å². The molecule has 1 N–H and O–H groups in total. The number of ether oxygens (including phenoxy) is 1. The lowest BCUT2D eigenvalue weighted by Crippen LogP contribution is -2.15. The highest BCUT2D eigenvalue weighted by Crippen LogP contribution is 2.30. The van der Waals surface area contributed by atoms with Gasteiger partial charge in [0.25, 0.3) is 0 Å². The van der Waals surface area contributed by atoms with Crippen LogP contribution >= 0.6 is 11.6 Å². The number of carboxylic acids is 1. The maximum Gasteiger partial charge on any atom is 0.303 e. The number of fused-ring (bicyclic) bond motifs is 1. The highest BCUT2D eigenvalue weighted by molar-refractivity contribution is 6.30. The van der Waals surface area contributed by atoms with Crippen molar-refractivity contribution in [1.82, 2.24) is 9.78 Å². The number of aryl methyl sites for hydroxylation is 1. The molecule has 1 aromatic heterocycles. The van der Waals surface area contributed by atoms with E-state index >= 15 is 0 Å².